The first-order valence-electron chi connectivity index (χ1n) is 4.76. The van der Waals surface area contributed by atoms with E-state index in [2.05, 4.69) is 22.9 Å². The van der Waals surface area contributed by atoms with Crippen LogP contribution in [0.1, 0.15) is 30.7 Å². The van der Waals surface area contributed by atoms with E-state index in [4.69, 9.17) is 11.6 Å². The first-order chi connectivity index (χ1) is 6.63. The van der Waals surface area contributed by atoms with E-state index in [0.717, 1.165) is 20.1 Å². The van der Waals surface area contributed by atoms with Gasteiger partial charge >= 0.3 is 0 Å². The largest absolute Gasteiger partial charge is 0.387 e. The molecule has 14 heavy (non-hydrogen) atoms. The minimum atomic E-state index is -0.311. The van der Waals surface area contributed by atoms with E-state index >= 15 is 0 Å². The molecule has 3 atom stereocenters. The van der Waals surface area contributed by atoms with E-state index in [1.807, 2.05) is 6.07 Å². The zero-order chi connectivity index (χ0) is 10.3. The number of rotatable bonds is 3. The monoisotopic (exact) mass is 294 g/mol. The molecule has 2 rings (SSSR count). The maximum Gasteiger partial charge on any atom is 0.107 e. The van der Waals surface area contributed by atoms with Gasteiger partial charge in [-0.05, 0) is 40.3 Å². The number of thiophene rings is 1. The van der Waals surface area contributed by atoms with Crippen molar-refractivity contribution < 1.29 is 5.11 Å². The second kappa shape index (κ2) is 4.12. The molecule has 0 radical (unpaired) electrons. The second-order valence-corrected chi connectivity index (χ2v) is 6.32. The lowest BCUT2D eigenvalue weighted by molar-refractivity contribution is 0.150. The lowest BCUT2D eigenvalue weighted by Gasteiger charge is -2.06. The molecule has 1 aliphatic rings. The Hall–Kier alpha value is 0.430. The zero-order valence-electron chi connectivity index (χ0n) is 7.84. The van der Waals surface area contributed by atoms with Crippen molar-refractivity contribution in [2.45, 2.75) is 25.9 Å². The summed E-state index contributed by atoms with van der Waals surface area (Å²) in [6, 6.07) is 1.93. The molecule has 1 aromatic rings. The predicted octanol–water partition coefficient (Wildman–Crippen LogP) is 4.24. The van der Waals surface area contributed by atoms with Gasteiger partial charge in [-0.1, -0.05) is 24.9 Å². The molecule has 1 heterocycles. The summed E-state index contributed by atoms with van der Waals surface area (Å²) in [6.07, 6.45) is 2.01. The molecule has 0 saturated heterocycles. The summed E-state index contributed by atoms with van der Waals surface area (Å²) in [5.41, 5.74) is 0. The maximum absolute atomic E-state index is 10.0. The minimum Gasteiger partial charge on any atom is -0.387 e. The second-order valence-electron chi connectivity index (χ2n) is 3.78. The highest BCUT2D eigenvalue weighted by molar-refractivity contribution is 9.10. The van der Waals surface area contributed by atoms with Crippen molar-refractivity contribution in [1.82, 2.24) is 0 Å². The Bertz CT molecular complexity index is 319. The van der Waals surface area contributed by atoms with Crippen LogP contribution >= 0.6 is 38.9 Å². The Morgan fingerprint density at radius 1 is 1.79 bits per heavy atom. The van der Waals surface area contributed by atoms with Crippen LogP contribution in [-0.2, 0) is 0 Å². The van der Waals surface area contributed by atoms with Crippen molar-refractivity contribution >= 4 is 38.9 Å². The molecule has 0 amide bonds. The molecule has 78 valence electrons. The van der Waals surface area contributed by atoms with Crippen LogP contribution in [0.5, 0.6) is 0 Å². The molecule has 1 saturated carbocycles. The van der Waals surface area contributed by atoms with Gasteiger partial charge in [0.1, 0.15) is 4.34 Å². The van der Waals surface area contributed by atoms with Gasteiger partial charge in [-0.3, -0.25) is 0 Å². The molecule has 1 N–H and O–H groups in total. The van der Waals surface area contributed by atoms with Gasteiger partial charge in [0, 0.05) is 9.35 Å². The predicted molar refractivity (Wildman–Crippen MR) is 63.9 cm³/mol. The lowest BCUT2D eigenvalue weighted by atomic mass is 10.1. The SMILES string of the molecule is CCC1CC1C(O)c1cc(Br)c(Cl)s1. The third kappa shape index (κ3) is 2.01. The molecule has 0 aromatic carbocycles. The molecule has 0 spiro atoms. The van der Waals surface area contributed by atoms with E-state index in [9.17, 15) is 5.11 Å². The third-order valence-electron chi connectivity index (χ3n) is 2.86. The topological polar surface area (TPSA) is 20.2 Å². The minimum absolute atomic E-state index is 0.311. The normalized spacial score (nSPS) is 27.7. The van der Waals surface area contributed by atoms with Crippen molar-refractivity contribution in [1.29, 1.82) is 0 Å². The van der Waals surface area contributed by atoms with Crippen LogP contribution in [0.3, 0.4) is 0 Å². The first kappa shape index (κ1) is 10.9. The van der Waals surface area contributed by atoms with E-state index < -0.39 is 0 Å². The van der Waals surface area contributed by atoms with Gasteiger partial charge in [0.25, 0.3) is 0 Å². The highest BCUT2D eigenvalue weighted by Gasteiger charge is 2.42. The Morgan fingerprint density at radius 3 is 2.93 bits per heavy atom. The fourth-order valence-corrected chi connectivity index (χ4v) is 3.65. The summed E-state index contributed by atoms with van der Waals surface area (Å²) in [5.74, 6) is 1.17. The van der Waals surface area contributed by atoms with E-state index in [1.54, 1.807) is 0 Å². The van der Waals surface area contributed by atoms with Crippen molar-refractivity contribution in [3.05, 3.63) is 19.8 Å². The molecular weight excluding hydrogens is 284 g/mol. The van der Waals surface area contributed by atoms with Crippen LogP contribution in [-0.4, -0.2) is 5.11 Å². The van der Waals surface area contributed by atoms with Crippen molar-refractivity contribution in [2.75, 3.05) is 0 Å². The maximum atomic E-state index is 10.0. The van der Waals surface area contributed by atoms with Gasteiger partial charge in [-0.15, -0.1) is 11.3 Å². The molecule has 1 fully saturated rings. The van der Waals surface area contributed by atoms with Crippen molar-refractivity contribution in [3.8, 4) is 0 Å². The Labute approximate surface area is 101 Å². The molecule has 1 nitrogen and oxygen atoms in total. The van der Waals surface area contributed by atoms with Gasteiger partial charge in [0.2, 0.25) is 0 Å². The van der Waals surface area contributed by atoms with E-state index in [1.165, 1.54) is 17.8 Å². The van der Waals surface area contributed by atoms with Crippen molar-refractivity contribution in [2.24, 2.45) is 11.8 Å². The third-order valence-corrected chi connectivity index (χ3v) is 5.41. The molecule has 1 aromatic heterocycles. The molecule has 0 bridgehead atoms. The van der Waals surface area contributed by atoms with Gasteiger partial charge in [-0.2, -0.15) is 0 Å². The number of hydrogen-bond donors (Lipinski definition) is 1. The summed E-state index contributed by atoms with van der Waals surface area (Å²) in [7, 11) is 0. The van der Waals surface area contributed by atoms with Crippen LogP contribution in [0, 0.1) is 11.8 Å². The summed E-state index contributed by atoms with van der Waals surface area (Å²) in [5, 5.41) is 10.0. The summed E-state index contributed by atoms with van der Waals surface area (Å²) in [4.78, 5) is 0.989. The number of aliphatic hydroxyl groups is 1. The average Bonchev–Trinajstić information content (AvgIpc) is 2.87. The van der Waals surface area contributed by atoms with E-state index in [-0.39, 0.29) is 6.10 Å². The number of hydrogen-bond acceptors (Lipinski definition) is 2. The molecule has 0 aliphatic heterocycles. The molecule has 4 heteroatoms. The van der Waals surface area contributed by atoms with Crippen LogP contribution in [0.2, 0.25) is 4.34 Å². The fourth-order valence-electron chi connectivity index (χ4n) is 1.85. The van der Waals surface area contributed by atoms with Crippen molar-refractivity contribution in [3.63, 3.8) is 0 Å². The summed E-state index contributed by atoms with van der Waals surface area (Å²) < 4.78 is 1.62. The zero-order valence-corrected chi connectivity index (χ0v) is 11.0. The fraction of sp³-hybridized carbons (Fsp3) is 0.600. The number of aliphatic hydroxyl groups excluding tert-OH is 1. The van der Waals surface area contributed by atoms with Crippen LogP contribution in [0.25, 0.3) is 0 Å². The quantitative estimate of drug-likeness (QED) is 0.884. The van der Waals surface area contributed by atoms with Crippen LogP contribution in [0.15, 0.2) is 10.5 Å². The summed E-state index contributed by atoms with van der Waals surface area (Å²) in [6.45, 7) is 2.18. The van der Waals surface area contributed by atoms with Gasteiger partial charge in [0.05, 0.1) is 6.10 Å². The Balaban J connectivity index is 2.08. The smallest absolute Gasteiger partial charge is 0.107 e. The first-order valence-corrected chi connectivity index (χ1v) is 6.75. The van der Waals surface area contributed by atoms with Gasteiger partial charge in [0.15, 0.2) is 0 Å². The highest BCUT2D eigenvalue weighted by Crippen LogP contribution is 2.51. The van der Waals surface area contributed by atoms with E-state index in [0.29, 0.717) is 11.8 Å². The van der Waals surface area contributed by atoms with Gasteiger partial charge in [-0.25, -0.2) is 0 Å². The molecular formula is C10H12BrClOS. The molecule has 1 aliphatic carbocycles. The van der Waals surface area contributed by atoms with Crippen LogP contribution in [0.4, 0.5) is 0 Å². The van der Waals surface area contributed by atoms with Crippen LogP contribution < -0.4 is 0 Å². The lowest BCUT2D eigenvalue weighted by Crippen LogP contribution is -1.98. The standard InChI is InChI=1S/C10H12BrClOS/c1-2-5-3-6(5)9(13)8-4-7(11)10(12)14-8/h4-6,9,13H,2-3H2,1H3. The highest BCUT2D eigenvalue weighted by atomic mass is 79.9. The summed E-state index contributed by atoms with van der Waals surface area (Å²) >= 11 is 10.8. The Kier molecular flexibility index (Phi) is 3.22. The average molecular weight is 296 g/mol. The number of halogens is 2. The Morgan fingerprint density at radius 2 is 2.50 bits per heavy atom. The van der Waals surface area contributed by atoms with Gasteiger partial charge < -0.3 is 5.11 Å². The molecule has 3 unspecified atom stereocenters.